The summed E-state index contributed by atoms with van der Waals surface area (Å²) in [5.41, 5.74) is 2.63. The van der Waals surface area contributed by atoms with Crippen LogP contribution < -0.4 is 4.74 Å². The third-order valence-electron chi connectivity index (χ3n) is 5.53. The Hall–Kier alpha value is -3.17. The van der Waals surface area contributed by atoms with E-state index in [1.807, 2.05) is 48.5 Å². The maximum atomic E-state index is 10.1. The number of phenols is 1. The van der Waals surface area contributed by atoms with E-state index in [0.717, 1.165) is 10.9 Å². The zero-order valence-electron chi connectivity index (χ0n) is 18.8. The van der Waals surface area contributed by atoms with Gasteiger partial charge in [-0.25, -0.2) is 4.98 Å². The molecule has 2 atom stereocenters. The predicted molar refractivity (Wildman–Crippen MR) is 118 cm³/mol. The molecule has 6 rings (SSSR count). The minimum atomic E-state index is -1.47. The van der Waals surface area contributed by atoms with Gasteiger partial charge in [0.15, 0.2) is 0 Å². The van der Waals surface area contributed by atoms with Gasteiger partial charge in [-0.2, -0.15) is 0 Å². The Labute approximate surface area is 202 Å². The average Bonchev–Trinajstić information content (AvgIpc) is 3.23. The van der Waals surface area contributed by atoms with Gasteiger partial charge in [-0.3, -0.25) is 4.99 Å². The van der Waals surface area contributed by atoms with Crippen molar-refractivity contribution in [3.63, 3.8) is 0 Å². The minimum absolute atomic E-state index is 0. The number of ether oxygens (including phenoxy) is 2. The fraction of sp³-hybridized carbons (Fsp3) is 0.154. The van der Waals surface area contributed by atoms with Gasteiger partial charge in [0, 0.05) is 41.0 Å². The van der Waals surface area contributed by atoms with Crippen molar-refractivity contribution in [2.24, 2.45) is 4.99 Å². The Morgan fingerprint density at radius 1 is 1.03 bits per heavy atom. The van der Waals surface area contributed by atoms with Gasteiger partial charge in [-0.05, 0) is 36.1 Å². The van der Waals surface area contributed by atoms with Crippen LogP contribution in [0.1, 0.15) is 31.9 Å². The number of benzene rings is 3. The number of para-hydroxylation sites is 1. The summed E-state index contributed by atoms with van der Waals surface area (Å²) in [7, 11) is 0. The third kappa shape index (κ3) is 3.67. The van der Waals surface area contributed by atoms with E-state index in [9.17, 15) is 5.11 Å². The van der Waals surface area contributed by atoms with E-state index in [2.05, 4.69) is 11.1 Å². The summed E-state index contributed by atoms with van der Waals surface area (Å²) in [4.78, 5) is 9.18. The molecule has 0 amide bonds. The second kappa shape index (κ2) is 8.40. The van der Waals surface area contributed by atoms with Crippen LogP contribution in [0.25, 0.3) is 10.9 Å². The Balaban J connectivity index is 0.00000241. The molecule has 162 valence electrons. The Kier molecular flexibility index (Phi) is 4.83. The fourth-order valence-corrected chi connectivity index (χ4v) is 4.05. The number of aromatic hydroxyl groups is 1. The van der Waals surface area contributed by atoms with Gasteiger partial charge in [0.25, 0.3) is 0 Å². The van der Waals surface area contributed by atoms with E-state index in [-0.39, 0.29) is 45.4 Å². The van der Waals surface area contributed by atoms with Crippen LogP contribution in [0.3, 0.4) is 0 Å². The predicted octanol–water partition coefficient (Wildman–Crippen LogP) is 5.36. The van der Waals surface area contributed by atoms with E-state index in [1.165, 1.54) is 0 Å². The number of hydrogen-bond donors (Lipinski definition) is 1. The number of fused-ring (bicyclic) bond motifs is 4. The van der Waals surface area contributed by atoms with Crippen LogP contribution in [-0.2, 0) is 32.2 Å². The molecular formula is C26H19N2O3Pt-. The van der Waals surface area contributed by atoms with Gasteiger partial charge in [-0.1, -0.05) is 48.0 Å². The Bertz CT molecular complexity index is 1430. The molecule has 0 radical (unpaired) electrons. The summed E-state index contributed by atoms with van der Waals surface area (Å²) in [6, 6.07) is 24.6. The van der Waals surface area contributed by atoms with Crippen LogP contribution in [0.15, 0.2) is 77.8 Å². The van der Waals surface area contributed by atoms with E-state index in [0.29, 0.717) is 34.2 Å². The largest absolute Gasteiger partial charge is 0.514 e. The molecule has 2 heterocycles. The quantitative estimate of drug-likeness (QED) is 0.320. The molecule has 0 unspecified atom stereocenters. The third-order valence-corrected chi connectivity index (χ3v) is 5.53. The second-order valence-electron chi connectivity index (χ2n) is 7.53. The zero-order valence-corrected chi connectivity index (χ0v) is 19.0. The van der Waals surface area contributed by atoms with Gasteiger partial charge in [-0.15, -0.1) is 18.2 Å². The van der Waals surface area contributed by atoms with Crippen LogP contribution in [0.2, 0.25) is 0 Å². The standard InChI is InChI=1S/C26H19N2O3.Pt/c29-21-10-4-6-17-12-14-23(27-24(17)21)30-19-8-3-7-18(15-19)26-28-25-20-9-2-1-5-16(20)11-13-22(25)31-26;/h1-10,12,14,22,25,29H,11,13H2;/q-1;/t22-,25-;/m0./s1/i11D2;. The van der Waals surface area contributed by atoms with Gasteiger partial charge in [0.05, 0.1) is 0 Å². The number of aromatic nitrogens is 1. The summed E-state index contributed by atoms with van der Waals surface area (Å²) in [6.45, 7) is 0. The van der Waals surface area contributed by atoms with Crippen molar-refractivity contribution in [1.29, 1.82) is 0 Å². The molecule has 4 aromatic rings. The SMILES string of the molecule is [2H]C1([2H])C[C@@H]2OC(c3[c-]c(Oc4ccc5cccc(O)c5n4)ccc3)=N[C@H]2c2ccccc21.[Pt]. The van der Waals surface area contributed by atoms with Crippen molar-refractivity contribution in [3.8, 4) is 17.4 Å². The van der Waals surface area contributed by atoms with Gasteiger partial charge in [0.2, 0.25) is 5.88 Å². The van der Waals surface area contributed by atoms with Gasteiger partial charge < -0.3 is 14.6 Å². The van der Waals surface area contributed by atoms with Crippen LogP contribution in [0.5, 0.6) is 17.4 Å². The van der Waals surface area contributed by atoms with Crippen molar-refractivity contribution < 1.29 is 38.4 Å². The monoisotopic (exact) mass is 604 g/mol. The molecule has 1 aliphatic heterocycles. The first-order chi connectivity index (χ1) is 16.0. The molecule has 0 saturated carbocycles. The van der Waals surface area contributed by atoms with Gasteiger partial charge >= 0.3 is 0 Å². The maximum Gasteiger partial charge on any atom is 0.217 e. The summed E-state index contributed by atoms with van der Waals surface area (Å²) < 4.78 is 28.9. The molecule has 2 aliphatic rings. The number of aryl methyl sites for hydroxylation is 1. The first-order valence-electron chi connectivity index (χ1n) is 11.1. The Morgan fingerprint density at radius 3 is 2.84 bits per heavy atom. The van der Waals surface area contributed by atoms with Gasteiger partial charge in [0.1, 0.15) is 29.3 Å². The molecule has 0 spiro atoms. The van der Waals surface area contributed by atoms with Crippen LogP contribution in [-0.4, -0.2) is 22.1 Å². The van der Waals surface area contributed by atoms with Crippen molar-refractivity contribution in [2.45, 2.75) is 24.9 Å². The molecule has 0 fully saturated rings. The molecule has 0 saturated heterocycles. The first kappa shape index (κ1) is 18.4. The molecule has 1 aromatic heterocycles. The van der Waals surface area contributed by atoms with E-state index < -0.39 is 6.37 Å². The van der Waals surface area contributed by atoms with E-state index >= 15 is 0 Å². The maximum absolute atomic E-state index is 10.1. The van der Waals surface area contributed by atoms with Crippen LogP contribution in [0.4, 0.5) is 0 Å². The summed E-state index contributed by atoms with van der Waals surface area (Å²) in [5.74, 6) is 1.29. The van der Waals surface area contributed by atoms with Crippen LogP contribution in [0, 0.1) is 6.07 Å². The van der Waals surface area contributed by atoms with Crippen molar-refractivity contribution in [3.05, 3.63) is 95.6 Å². The van der Waals surface area contributed by atoms with E-state index in [1.54, 1.807) is 24.3 Å². The average molecular weight is 605 g/mol. The summed E-state index contributed by atoms with van der Waals surface area (Å²) in [5, 5.41) is 10.9. The van der Waals surface area contributed by atoms with Crippen molar-refractivity contribution in [2.75, 3.05) is 0 Å². The number of phenolic OH excluding ortho intramolecular Hbond substituents is 1. The summed E-state index contributed by atoms with van der Waals surface area (Å²) in [6.07, 6.45) is -1.60. The molecule has 5 nitrogen and oxygen atoms in total. The molecule has 1 aliphatic carbocycles. The second-order valence-corrected chi connectivity index (χ2v) is 7.53. The molecule has 32 heavy (non-hydrogen) atoms. The smallest absolute Gasteiger partial charge is 0.217 e. The number of aliphatic imine (C=N–C) groups is 1. The molecule has 6 heteroatoms. The van der Waals surface area contributed by atoms with Crippen molar-refractivity contribution >= 4 is 16.8 Å². The Morgan fingerprint density at radius 2 is 1.91 bits per heavy atom. The van der Waals surface area contributed by atoms with Crippen LogP contribution >= 0.6 is 0 Å². The van der Waals surface area contributed by atoms with E-state index in [4.69, 9.17) is 17.2 Å². The first-order valence-corrected chi connectivity index (χ1v) is 10.1. The molecule has 1 N–H and O–H groups in total. The topological polar surface area (TPSA) is 63.9 Å². The molecular weight excluding hydrogens is 583 g/mol. The molecule has 3 aromatic carbocycles. The zero-order chi connectivity index (χ0) is 22.6. The molecule has 0 bridgehead atoms. The number of nitrogens with zero attached hydrogens (tertiary/aromatic N) is 2. The number of rotatable bonds is 3. The number of hydrogen-bond acceptors (Lipinski definition) is 5. The number of pyridine rings is 1. The fourth-order valence-electron chi connectivity index (χ4n) is 4.05. The summed E-state index contributed by atoms with van der Waals surface area (Å²) >= 11 is 0. The van der Waals surface area contributed by atoms with Crippen molar-refractivity contribution in [1.82, 2.24) is 4.98 Å². The normalized spacial score (nSPS) is 21.2. The minimum Gasteiger partial charge on any atom is -0.514 e.